The van der Waals surface area contributed by atoms with E-state index in [1.165, 1.54) is 5.56 Å². The monoisotopic (exact) mass is 395 g/mol. The number of piperidine rings is 1. The van der Waals surface area contributed by atoms with Gasteiger partial charge in [0.05, 0.1) is 10.4 Å². The first-order valence-corrected chi connectivity index (χ1v) is 11.3. The summed E-state index contributed by atoms with van der Waals surface area (Å²) in [6.07, 6.45) is 3.95. The van der Waals surface area contributed by atoms with Gasteiger partial charge >= 0.3 is 0 Å². The Morgan fingerprint density at radius 3 is 2.61 bits per heavy atom. The Balaban J connectivity index is 1.60. The van der Waals surface area contributed by atoms with E-state index in [9.17, 15) is 8.42 Å². The molecule has 6 heteroatoms. The third-order valence-corrected chi connectivity index (χ3v) is 7.12. The molecule has 0 atom stereocenters. The van der Waals surface area contributed by atoms with Crippen LogP contribution in [0.5, 0.6) is 0 Å². The average Bonchev–Trinajstić information content (AvgIpc) is 2.74. The van der Waals surface area contributed by atoms with Crippen molar-refractivity contribution in [1.82, 2.24) is 9.29 Å². The summed E-state index contributed by atoms with van der Waals surface area (Å²) >= 11 is 0. The third kappa shape index (κ3) is 3.88. The van der Waals surface area contributed by atoms with E-state index in [4.69, 9.17) is 0 Å². The highest BCUT2D eigenvalue weighted by Gasteiger charge is 2.26. The second kappa shape index (κ2) is 7.89. The van der Waals surface area contributed by atoms with Gasteiger partial charge in [0.15, 0.2) is 0 Å². The van der Waals surface area contributed by atoms with Gasteiger partial charge in [-0.15, -0.1) is 0 Å². The highest BCUT2D eigenvalue weighted by Crippen LogP contribution is 2.25. The molecule has 146 valence electrons. The number of nitrogens with one attached hydrogen (secondary N) is 1. The van der Waals surface area contributed by atoms with Crippen LogP contribution in [0.15, 0.2) is 59.5 Å². The van der Waals surface area contributed by atoms with Crippen molar-refractivity contribution in [3.63, 3.8) is 0 Å². The maximum atomic E-state index is 12.9. The van der Waals surface area contributed by atoms with Gasteiger partial charge in [-0.1, -0.05) is 25.5 Å². The predicted molar refractivity (Wildman–Crippen MR) is 113 cm³/mol. The molecule has 3 aromatic rings. The molecule has 1 N–H and O–H groups in total. The molecule has 1 saturated heterocycles. The van der Waals surface area contributed by atoms with Gasteiger partial charge in [-0.2, -0.15) is 4.31 Å². The fourth-order valence-electron chi connectivity index (χ4n) is 3.60. The summed E-state index contributed by atoms with van der Waals surface area (Å²) in [5.41, 5.74) is 3.03. The van der Waals surface area contributed by atoms with Gasteiger partial charge in [-0.25, -0.2) is 13.4 Å². The summed E-state index contributed by atoms with van der Waals surface area (Å²) in [6, 6.07) is 17.2. The second-order valence-electron chi connectivity index (χ2n) is 7.19. The quantitative estimate of drug-likeness (QED) is 0.679. The summed E-state index contributed by atoms with van der Waals surface area (Å²) in [6.45, 7) is 3.35. The van der Waals surface area contributed by atoms with Crippen molar-refractivity contribution in [1.29, 1.82) is 0 Å². The number of hydrogen-bond donors (Lipinski definition) is 1. The van der Waals surface area contributed by atoms with Gasteiger partial charge < -0.3 is 5.32 Å². The number of aromatic nitrogens is 1. The predicted octanol–water partition coefficient (Wildman–Crippen LogP) is 4.72. The summed E-state index contributed by atoms with van der Waals surface area (Å²) in [4.78, 5) is 4.99. The lowest BCUT2D eigenvalue weighted by molar-refractivity contribution is 0.346. The summed E-state index contributed by atoms with van der Waals surface area (Å²) in [7, 11) is -3.43. The zero-order valence-corrected chi connectivity index (χ0v) is 16.9. The van der Waals surface area contributed by atoms with Crippen LogP contribution in [0.3, 0.4) is 0 Å². The first-order chi connectivity index (χ1) is 13.6. The molecule has 0 aliphatic carbocycles. The Morgan fingerprint density at radius 2 is 1.82 bits per heavy atom. The molecule has 0 radical (unpaired) electrons. The number of anilines is 2. The van der Waals surface area contributed by atoms with E-state index in [0.29, 0.717) is 18.0 Å². The standard InChI is InChI=1S/C22H25N3O2S/c1-2-17-7-6-8-19(15-17)23-22-12-9-18-16-20(10-11-21(18)24-22)28(26,27)25-13-4-3-5-14-25/h6-12,15-16H,2-5,13-14H2,1H3,(H,23,24). The van der Waals surface area contributed by atoms with Gasteiger partial charge in [0.25, 0.3) is 0 Å². The molecule has 1 aliphatic heterocycles. The van der Waals surface area contributed by atoms with Gasteiger partial charge in [0, 0.05) is 24.2 Å². The van der Waals surface area contributed by atoms with E-state index in [0.717, 1.165) is 48.1 Å². The van der Waals surface area contributed by atoms with Gasteiger partial charge in [0.2, 0.25) is 10.0 Å². The van der Waals surface area contributed by atoms with Crippen LogP contribution >= 0.6 is 0 Å². The first-order valence-electron chi connectivity index (χ1n) is 9.83. The second-order valence-corrected chi connectivity index (χ2v) is 9.13. The fourth-order valence-corrected chi connectivity index (χ4v) is 5.16. The van der Waals surface area contributed by atoms with Crippen molar-refractivity contribution in [3.8, 4) is 0 Å². The van der Waals surface area contributed by atoms with Gasteiger partial charge in [-0.3, -0.25) is 0 Å². The Morgan fingerprint density at radius 1 is 1.00 bits per heavy atom. The lowest BCUT2D eigenvalue weighted by atomic mass is 10.1. The van der Waals surface area contributed by atoms with Crippen LogP contribution in [0.2, 0.25) is 0 Å². The largest absolute Gasteiger partial charge is 0.340 e. The molecule has 0 unspecified atom stereocenters. The minimum absolute atomic E-state index is 0.347. The number of rotatable bonds is 5. The number of aryl methyl sites for hydroxylation is 1. The van der Waals surface area contributed by atoms with Crippen LogP contribution in [0.25, 0.3) is 10.9 Å². The molecule has 0 amide bonds. The Bertz CT molecular complexity index is 1090. The van der Waals surface area contributed by atoms with Crippen molar-refractivity contribution in [2.45, 2.75) is 37.5 Å². The molecule has 2 aromatic carbocycles. The Kier molecular flexibility index (Phi) is 5.33. The van der Waals surface area contributed by atoms with Crippen LogP contribution in [0, 0.1) is 0 Å². The number of fused-ring (bicyclic) bond motifs is 1. The van der Waals surface area contributed by atoms with Gasteiger partial charge in [-0.05, 0) is 67.3 Å². The van der Waals surface area contributed by atoms with Crippen LogP contribution < -0.4 is 5.32 Å². The highest BCUT2D eigenvalue weighted by molar-refractivity contribution is 7.89. The number of nitrogens with zero attached hydrogens (tertiary/aromatic N) is 2. The van der Waals surface area contributed by atoms with E-state index in [1.54, 1.807) is 22.5 Å². The van der Waals surface area contributed by atoms with Crippen LogP contribution in [0.1, 0.15) is 31.7 Å². The lowest BCUT2D eigenvalue weighted by Crippen LogP contribution is -2.35. The number of benzene rings is 2. The summed E-state index contributed by atoms with van der Waals surface area (Å²) < 4.78 is 27.4. The molecular weight excluding hydrogens is 370 g/mol. The lowest BCUT2D eigenvalue weighted by Gasteiger charge is -2.25. The molecule has 1 fully saturated rings. The maximum Gasteiger partial charge on any atom is 0.243 e. The highest BCUT2D eigenvalue weighted by atomic mass is 32.2. The number of pyridine rings is 1. The van der Waals surface area contributed by atoms with E-state index in [-0.39, 0.29) is 0 Å². The topological polar surface area (TPSA) is 62.3 Å². The van der Waals surface area contributed by atoms with Crippen molar-refractivity contribution in [2.24, 2.45) is 0 Å². The minimum atomic E-state index is -3.43. The molecule has 0 spiro atoms. The van der Waals surface area contributed by atoms with E-state index in [1.807, 2.05) is 24.3 Å². The van der Waals surface area contributed by atoms with E-state index >= 15 is 0 Å². The summed E-state index contributed by atoms with van der Waals surface area (Å²) in [5, 5.41) is 4.15. The molecule has 4 rings (SSSR count). The van der Waals surface area contributed by atoms with Crippen molar-refractivity contribution >= 4 is 32.4 Å². The summed E-state index contributed by atoms with van der Waals surface area (Å²) in [5.74, 6) is 0.743. The van der Waals surface area contributed by atoms with Crippen molar-refractivity contribution < 1.29 is 8.42 Å². The molecular formula is C22H25N3O2S. The van der Waals surface area contributed by atoms with E-state index < -0.39 is 10.0 Å². The van der Waals surface area contributed by atoms with Crippen molar-refractivity contribution in [3.05, 3.63) is 60.2 Å². The molecule has 5 nitrogen and oxygen atoms in total. The average molecular weight is 396 g/mol. The maximum absolute atomic E-state index is 12.9. The zero-order chi connectivity index (χ0) is 19.6. The Labute approximate surface area is 166 Å². The first kappa shape index (κ1) is 18.9. The zero-order valence-electron chi connectivity index (χ0n) is 16.1. The normalized spacial score (nSPS) is 15.6. The minimum Gasteiger partial charge on any atom is -0.340 e. The molecule has 2 heterocycles. The fraction of sp³-hybridized carbons (Fsp3) is 0.318. The smallest absolute Gasteiger partial charge is 0.243 e. The van der Waals surface area contributed by atoms with Gasteiger partial charge in [0.1, 0.15) is 5.82 Å². The molecule has 0 saturated carbocycles. The SMILES string of the molecule is CCc1cccc(Nc2ccc3cc(S(=O)(=O)N4CCCCC4)ccc3n2)c1. The molecule has 0 bridgehead atoms. The molecule has 1 aromatic heterocycles. The third-order valence-electron chi connectivity index (χ3n) is 5.22. The van der Waals surface area contributed by atoms with Crippen LogP contribution in [-0.4, -0.2) is 30.8 Å². The number of sulfonamides is 1. The van der Waals surface area contributed by atoms with Crippen molar-refractivity contribution in [2.75, 3.05) is 18.4 Å². The van der Waals surface area contributed by atoms with Crippen LogP contribution in [-0.2, 0) is 16.4 Å². The van der Waals surface area contributed by atoms with Crippen LogP contribution in [0.4, 0.5) is 11.5 Å². The number of hydrogen-bond acceptors (Lipinski definition) is 4. The molecule has 1 aliphatic rings. The van der Waals surface area contributed by atoms with E-state index in [2.05, 4.69) is 29.4 Å². The Hall–Kier alpha value is -2.44. The molecule has 28 heavy (non-hydrogen) atoms.